The van der Waals surface area contributed by atoms with Gasteiger partial charge < -0.3 is 10.1 Å². The SMILES string of the molecule is COc1ccc(NC(=O)c2ccccc2N(C)S(=O)(=O)c2ccc(Cl)cc2)cc1. The first-order valence-electron chi connectivity index (χ1n) is 8.62. The summed E-state index contributed by atoms with van der Waals surface area (Å²) in [6.07, 6.45) is 0. The summed E-state index contributed by atoms with van der Waals surface area (Å²) in [5.74, 6) is 0.237. The van der Waals surface area contributed by atoms with Crippen LogP contribution in [-0.4, -0.2) is 28.5 Å². The molecule has 6 nitrogen and oxygen atoms in total. The van der Waals surface area contributed by atoms with Gasteiger partial charge in [0.15, 0.2) is 0 Å². The fourth-order valence-corrected chi connectivity index (χ4v) is 4.05. The molecule has 3 aromatic carbocycles. The molecule has 0 atom stereocenters. The Morgan fingerprint density at radius 1 is 0.966 bits per heavy atom. The van der Waals surface area contributed by atoms with Crippen molar-refractivity contribution >= 4 is 38.9 Å². The van der Waals surface area contributed by atoms with Crippen molar-refractivity contribution in [2.45, 2.75) is 4.90 Å². The predicted molar refractivity (Wildman–Crippen MR) is 114 cm³/mol. The smallest absolute Gasteiger partial charge is 0.264 e. The number of amides is 1. The van der Waals surface area contributed by atoms with Gasteiger partial charge in [-0.25, -0.2) is 8.42 Å². The quantitative estimate of drug-likeness (QED) is 0.627. The monoisotopic (exact) mass is 430 g/mol. The lowest BCUT2D eigenvalue weighted by atomic mass is 10.1. The Balaban J connectivity index is 1.91. The molecular weight excluding hydrogens is 412 g/mol. The van der Waals surface area contributed by atoms with E-state index in [9.17, 15) is 13.2 Å². The van der Waals surface area contributed by atoms with E-state index in [0.29, 0.717) is 16.5 Å². The largest absolute Gasteiger partial charge is 0.497 e. The van der Waals surface area contributed by atoms with Gasteiger partial charge in [0.25, 0.3) is 15.9 Å². The second-order valence-corrected chi connectivity index (χ2v) is 8.53. The van der Waals surface area contributed by atoms with Crippen LogP contribution >= 0.6 is 11.6 Å². The van der Waals surface area contributed by atoms with Crippen LogP contribution in [0.4, 0.5) is 11.4 Å². The van der Waals surface area contributed by atoms with Gasteiger partial charge in [-0.2, -0.15) is 0 Å². The number of rotatable bonds is 6. The molecule has 1 amide bonds. The second-order valence-electron chi connectivity index (χ2n) is 6.13. The lowest BCUT2D eigenvalue weighted by Gasteiger charge is -2.22. The molecular formula is C21H19ClN2O4S. The molecule has 0 heterocycles. The minimum Gasteiger partial charge on any atom is -0.497 e. The molecule has 0 aromatic heterocycles. The van der Waals surface area contributed by atoms with Crippen molar-refractivity contribution in [3.05, 3.63) is 83.4 Å². The van der Waals surface area contributed by atoms with E-state index in [1.807, 2.05) is 0 Å². The lowest BCUT2D eigenvalue weighted by molar-refractivity contribution is 0.102. The van der Waals surface area contributed by atoms with Crippen LogP contribution in [-0.2, 0) is 10.0 Å². The molecule has 150 valence electrons. The molecule has 0 aliphatic heterocycles. The Morgan fingerprint density at radius 2 is 1.59 bits per heavy atom. The van der Waals surface area contributed by atoms with Gasteiger partial charge in [-0.1, -0.05) is 23.7 Å². The topological polar surface area (TPSA) is 75.7 Å². The minimum absolute atomic E-state index is 0.0785. The van der Waals surface area contributed by atoms with E-state index >= 15 is 0 Å². The molecule has 0 spiro atoms. The van der Waals surface area contributed by atoms with Gasteiger partial charge >= 0.3 is 0 Å². The number of para-hydroxylation sites is 1. The van der Waals surface area contributed by atoms with Crippen molar-refractivity contribution in [2.24, 2.45) is 0 Å². The van der Waals surface area contributed by atoms with Crippen molar-refractivity contribution in [3.8, 4) is 5.75 Å². The van der Waals surface area contributed by atoms with Gasteiger partial charge in [-0.15, -0.1) is 0 Å². The van der Waals surface area contributed by atoms with Gasteiger partial charge in [0.05, 0.1) is 23.3 Å². The van der Waals surface area contributed by atoms with E-state index < -0.39 is 15.9 Å². The maximum atomic E-state index is 13.0. The maximum absolute atomic E-state index is 13.0. The number of sulfonamides is 1. The third-order valence-corrected chi connectivity index (χ3v) is 6.35. The van der Waals surface area contributed by atoms with Crippen molar-refractivity contribution in [1.29, 1.82) is 0 Å². The van der Waals surface area contributed by atoms with Crippen LogP contribution in [0.15, 0.2) is 77.7 Å². The van der Waals surface area contributed by atoms with Crippen LogP contribution in [0.2, 0.25) is 5.02 Å². The third kappa shape index (κ3) is 4.52. The zero-order chi connectivity index (χ0) is 21.0. The number of ether oxygens (including phenoxy) is 1. The number of nitrogens with one attached hydrogen (secondary N) is 1. The number of benzene rings is 3. The molecule has 1 N–H and O–H groups in total. The van der Waals surface area contributed by atoms with Crippen LogP contribution in [0.25, 0.3) is 0 Å². The normalized spacial score (nSPS) is 11.0. The zero-order valence-corrected chi connectivity index (χ0v) is 17.4. The maximum Gasteiger partial charge on any atom is 0.264 e. The van der Waals surface area contributed by atoms with Crippen LogP contribution in [0.3, 0.4) is 0 Å². The summed E-state index contributed by atoms with van der Waals surface area (Å²) in [5.41, 5.74) is 1.05. The summed E-state index contributed by atoms with van der Waals surface area (Å²) >= 11 is 5.85. The Morgan fingerprint density at radius 3 is 2.21 bits per heavy atom. The van der Waals surface area contributed by atoms with Crippen LogP contribution in [0.1, 0.15) is 10.4 Å². The number of halogens is 1. The second kappa shape index (κ2) is 8.55. The van der Waals surface area contributed by atoms with Gasteiger partial charge in [0, 0.05) is 17.8 Å². The number of hydrogen-bond acceptors (Lipinski definition) is 4. The summed E-state index contributed by atoms with van der Waals surface area (Å²) in [6.45, 7) is 0. The van der Waals surface area contributed by atoms with Gasteiger partial charge in [-0.05, 0) is 60.7 Å². The Labute approximate surface area is 174 Å². The molecule has 3 rings (SSSR count). The van der Waals surface area contributed by atoms with Crippen LogP contribution < -0.4 is 14.4 Å². The first kappa shape index (κ1) is 20.7. The number of carbonyl (C=O) groups excluding carboxylic acids is 1. The molecule has 0 bridgehead atoms. The fourth-order valence-electron chi connectivity index (χ4n) is 2.71. The zero-order valence-electron chi connectivity index (χ0n) is 15.8. The molecule has 0 fully saturated rings. The molecule has 0 aliphatic carbocycles. The summed E-state index contributed by atoms with van der Waals surface area (Å²) < 4.78 is 32.2. The van der Waals surface area contributed by atoms with E-state index in [1.54, 1.807) is 55.6 Å². The van der Waals surface area contributed by atoms with Gasteiger partial charge in [-0.3, -0.25) is 9.10 Å². The van der Waals surface area contributed by atoms with Crippen molar-refractivity contribution < 1.29 is 17.9 Å². The first-order valence-corrected chi connectivity index (χ1v) is 10.4. The highest BCUT2D eigenvalue weighted by molar-refractivity contribution is 7.92. The molecule has 0 saturated heterocycles. The van der Waals surface area contributed by atoms with E-state index in [2.05, 4.69) is 5.32 Å². The van der Waals surface area contributed by atoms with Crippen LogP contribution in [0.5, 0.6) is 5.75 Å². The number of nitrogens with zero attached hydrogens (tertiary/aromatic N) is 1. The van der Waals surface area contributed by atoms with Crippen LogP contribution in [0, 0.1) is 0 Å². The van der Waals surface area contributed by atoms with Gasteiger partial charge in [0.1, 0.15) is 5.75 Å². The third-order valence-electron chi connectivity index (χ3n) is 4.31. The average molecular weight is 431 g/mol. The molecule has 0 unspecified atom stereocenters. The van der Waals surface area contributed by atoms with Crippen molar-refractivity contribution in [3.63, 3.8) is 0 Å². The predicted octanol–water partition coefficient (Wildman–Crippen LogP) is 4.43. The number of methoxy groups -OCH3 is 1. The van der Waals surface area contributed by atoms with E-state index in [1.165, 1.54) is 31.3 Å². The summed E-state index contributed by atoms with van der Waals surface area (Å²) in [6, 6.07) is 19.2. The average Bonchev–Trinajstić information content (AvgIpc) is 2.74. The van der Waals surface area contributed by atoms with E-state index in [4.69, 9.17) is 16.3 Å². The highest BCUT2D eigenvalue weighted by Gasteiger charge is 2.25. The Hall–Kier alpha value is -3.03. The number of carbonyl (C=O) groups is 1. The lowest BCUT2D eigenvalue weighted by Crippen LogP contribution is -2.29. The van der Waals surface area contributed by atoms with Crippen molar-refractivity contribution in [2.75, 3.05) is 23.8 Å². The Kier molecular flexibility index (Phi) is 6.10. The number of hydrogen-bond donors (Lipinski definition) is 1. The molecule has 29 heavy (non-hydrogen) atoms. The highest BCUT2D eigenvalue weighted by atomic mass is 35.5. The summed E-state index contributed by atoms with van der Waals surface area (Å²) in [7, 11) is -0.906. The van der Waals surface area contributed by atoms with E-state index in [0.717, 1.165) is 4.31 Å². The van der Waals surface area contributed by atoms with Gasteiger partial charge in [0.2, 0.25) is 0 Å². The summed E-state index contributed by atoms with van der Waals surface area (Å²) in [4.78, 5) is 12.9. The Bertz CT molecular complexity index is 1110. The molecule has 8 heteroatoms. The molecule has 0 saturated carbocycles. The molecule has 0 radical (unpaired) electrons. The molecule has 3 aromatic rings. The van der Waals surface area contributed by atoms with E-state index in [-0.39, 0.29) is 16.1 Å². The van der Waals surface area contributed by atoms with Crippen molar-refractivity contribution in [1.82, 2.24) is 0 Å². The number of anilines is 2. The highest BCUT2D eigenvalue weighted by Crippen LogP contribution is 2.27. The summed E-state index contributed by atoms with van der Waals surface area (Å²) in [5, 5.41) is 3.21. The minimum atomic E-state index is -3.87. The standard InChI is InChI=1S/C21H19ClN2O4S/c1-24(29(26,27)18-13-7-15(22)8-14-18)20-6-4-3-5-19(20)21(25)23-16-9-11-17(28-2)12-10-16/h3-14H,1-2H3,(H,23,25). The molecule has 0 aliphatic rings. The first-order chi connectivity index (χ1) is 13.8. The fraction of sp³-hybridized carbons (Fsp3) is 0.0952.